The summed E-state index contributed by atoms with van der Waals surface area (Å²) in [4.78, 5) is 12.1. The molecule has 18 heavy (non-hydrogen) atoms. The largest absolute Gasteiger partial charge is 0.507 e. The van der Waals surface area contributed by atoms with E-state index >= 15 is 0 Å². The number of nitrogens with one attached hydrogen (secondary N) is 1. The van der Waals surface area contributed by atoms with Crippen LogP contribution >= 0.6 is 22.6 Å². The Morgan fingerprint density at radius 2 is 2.28 bits per heavy atom. The fourth-order valence-electron chi connectivity index (χ4n) is 2.45. The molecule has 0 aromatic heterocycles. The number of aromatic hydroxyl groups is 1. The zero-order chi connectivity index (χ0) is 13.1. The summed E-state index contributed by atoms with van der Waals surface area (Å²) in [5.41, 5.74) is 6.03. The molecule has 0 heterocycles. The summed E-state index contributed by atoms with van der Waals surface area (Å²) in [5, 5.41) is 12.7. The third-order valence-electron chi connectivity index (χ3n) is 3.48. The SMILES string of the molecule is NCC1CCCC1NC(=O)c1cc(I)ccc1O. The van der Waals surface area contributed by atoms with Crippen LogP contribution in [0.15, 0.2) is 18.2 Å². The molecule has 0 spiro atoms. The Balaban J connectivity index is 2.09. The molecule has 1 aromatic carbocycles. The summed E-state index contributed by atoms with van der Waals surface area (Å²) in [7, 11) is 0. The Labute approximate surface area is 120 Å². The molecule has 1 saturated carbocycles. The highest BCUT2D eigenvalue weighted by Gasteiger charge is 2.28. The topological polar surface area (TPSA) is 75.3 Å². The molecule has 2 unspecified atom stereocenters. The molecule has 0 saturated heterocycles. The molecule has 1 aliphatic rings. The molecule has 0 radical (unpaired) electrons. The van der Waals surface area contributed by atoms with Crippen molar-refractivity contribution in [2.45, 2.75) is 25.3 Å². The second kappa shape index (κ2) is 5.88. The highest BCUT2D eigenvalue weighted by Crippen LogP contribution is 2.26. The van der Waals surface area contributed by atoms with Gasteiger partial charge in [0.2, 0.25) is 0 Å². The number of phenolic OH excluding ortho intramolecular Hbond substituents is 1. The summed E-state index contributed by atoms with van der Waals surface area (Å²) in [5.74, 6) is 0.172. The van der Waals surface area contributed by atoms with Crippen molar-refractivity contribution in [3.8, 4) is 5.75 Å². The predicted molar refractivity (Wildman–Crippen MR) is 78.5 cm³/mol. The van der Waals surface area contributed by atoms with Crippen molar-refractivity contribution in [3.63, 3.8) is 0 Å². The number of benzene rings is 1. The van der Waals surface area contributed by atoms with Crippen LogP contribution in [-0.2, 0) is 0 Å². The van der Waals surface area contributed by atoms with Crippen molar-refractivity contribution in [1.82, 2.24) is 5.32 Å². The van der Waals surface area contributed by atoms with Gasteiger partial charge in [0.05, 0.1) is 5.56 Å². The number of hydrogen-bond acceptors (Lipinski definition) is 3. The lowest BCUT2D eigenvalue weighted by Gasteiger charge is -2.19. The Bertz CT molecular complexity index is 451. The first-order valence-corrected chi connectivity index (χ1v) is 7.19. The number of carbonyl (C=O) groups excluding carboxylic acids is 1. The first-order chi connectivity index (χ1) is 8.61. The number of amides is 1. The minimum Gasteiger partial charge on any atom is -0.507 e. The van der Waals surface area contributed by atoms with Gasteiger partial charge < -0.3 is 16.2 Å². The van der Waals surface area contributed by atoms with Gasteiger partial charge in [-0.1, -0.05) is 6.42 Å². The smallest absolute Gasteiger partial charge is 0.255 e. The molecule has 1 amide bonds. The maximum Gasteiger partial charge on any atom is 0.255 e. The van der Waals surface area contributed by atoms with E-state index in [1.807, 2.05) is 0 Å². The van der Waals surface area contributed by atoms with Gasteiger partial charge in [0.15, 0.2) is 0 Å². The summed E-state index contributed by atoms with van der Waals surface area (Å²) in [6.07, 6.45) is 3.14. The molecular formula is C13H17IN2O2. The number of nitrogens with two attached hydrogens (primary N) is 1. The Kier molecular flexibility index (Phi) is 4.45. The lowest BCUT2D eigenvalue weighted by atomic mass is 10.0. The van der Waals surface area contributed by atoms with Gasteiger partial charge in [0, 0.05) is 9.61 Å². The molecule has 0 bridgehead atoms. The molecule has 2 rings (SSSR count). The van der Waals surface area contributed by atoms with Gasteiger partial charge in [0.1, 0.15) is 5.75 Å². The van der Waals surface area contributed by atoms with Gasteiger partial charge in [0.25, 0.3) is 5.91 Å². The number of hydrogen-bond donors (Lipinski definition) is 3. The molecule has 1 aromatic rings. The van der Waals surface area contributed by atoms with E-state index in [2.05, 4.69) is 27.9 Å². The zero-order valence-electron chi connectivity index (χ0n) is 10.0. The maximum atomic E-state index is 12.1. The lowest BCUT2D eigenvalue weighted by Crippen LogP contribution is -2.39. The number of phenols is 1. The van der Waals surface area contributed by atoms with Crippen molar-refractivity contribution >= 4 is 28.5 Å². The molecule has 2 atom stereocenters. The standard InChI is InChI=1S/C13H17IN2O2/c14-9-4-5-12(17)10(6-9)13(18)16-11-3-1-2-8(11)7-15/h4-6,8,11,17H,1-3,7,15H2,(H,16,18). The van der Waals surface area contributed by atoms with Crippen LogP contribution in [-0.4, -0.2) is 23.6 Å². The fraction of sp³-hybridized carbons (Fsp3) is 0.462. The van der Waals surface area contributed by atoms with Crippen LogP contribution in [0, 0.1) is 9.49 Å². The van der Waals surface area contributed by atoms with Gasteiger partial charge in [-0.15, -0.1) is 0 Å². The normalized spacial score (nSPS) is 23.0. The molecular weight excluding hydrogens is 343 g/mol. The van der Waals surface area contributed by atoms with E-state index in [-0.39, 0.29) is 17.7 Å². The fourth-order valence-corrected chi connectivity index (χ4v) is 2.94. The number of rotatable bonds is 3. The third kappa shape index (κ3) is 2.95. The lowest BCUT2D eigenvalue weighted by molar-refractivity contribution is 0.0926. The van der Waals surface area contributed by atoms with Crippen LogP contribution in [0.25, 0.3) is 0 Å². The second-order valence-electron chi connectivity index (χ2n) is 4.67. The average molecular weight is 360 g/mol. The van der Waals surface area contributed by atoms with Crippen LogP contribution in [0.4, 0.5) is 0 Å². The van der Waals surface area contributed by atoms with E-state index in [0.29, 0.717) is 18.0 Å². The van der Waals surface area contributed by atoms with Crippen molar-refractivity contribution in [1.29, 1.82) is 0 Å². The quantitative estimate of drug-likeness (QED) is 0.721. The predicted octanol–water partition coefficient (Wildman–Crippen LogP) is 1.85. The van der Waals surface area contributed by atoms with E-state index in [1.54, 1.807) is 18.2 Å². The van der Waals surface area contributed by atoms with Crippen molar-refractivity contribution in [2.75, 3.05) is 6.54 Å². The number of halogens is 1. The van der Waals surface area contributed by atoms with Crippen LogP contribution < -0.4 is 11.1 Å². The molecule has 4 N–H and O–H groups in total. The van der Waals surface area contributed by atoms with Gasteiger partial charge in [-0.3, -0.25) is 4.79 Å². The van der Waals surface area contributed by atoms with Gasteiger partial charge in [-0.25, -0.2) is 0 Å². The summed E-state index contributed by atoms with van der Waals surface area (Å²) in [6.45, 7) is 0.600. The molecule has 98 valence electrons. The van der Waals surface area contributed by atoms with E-state index in [0.717, 1.165) is 22.8 Å². The van der Waals surface area contributed by atoms with Crippen LogP contribution in [0.3, 0.4) is 0 Å². The number of carbonyl (C=O) groups is 1. The zero-order valence-corrected chi connectivity index (χ0v) is 12.2. The summed E-state index contributed by atoms with van der Waals surface area (Å²) >= 11 is 2.12. The highest BCUT2D eigenvalue weighted by atomic mass is 127. The minimum atomic E-state index is -0.212. The van der Waals surface area contributed by atoms with Crippen LogP contribution in [0.1, 0.15) is 29.6 Å². The maximum absolute atomic E-state index is 12.1. The monoisotopic (exact) mass is 360 g/mol. The van der Waals surface area contributed by atoms with Crippen molar-refractivity contribution in [2.24, 2.45) is 11.7 Å². The Morgan fingerprint density at radius 1 is 1.50 bits per heavy atom. The van der Waals surface area contributed by atoms with Crippen LogP contribution in [0.5, 0.6) is 5.75 Å². The minimum absolute atomic E-state index is 0.0233. The molecule has 1 fully saturated rings. The van der Waals surface area contributed by atoms with Gasteiger partial charge >= 0.3 is 0 Å². The Hall–Kier alpha value is -0.820. The van der Waals surface area contributed by atoms with E-state index in [1.165, 1.54) is 0 Å². The third-order valence-corrected chi connectivity index (χ3v) is 4.15. The molecule has 5 heteroatoms. The highest BCUT2D eigenvalue weighted by molar-refractivity contribution is 14.1. The summed E-state index contributed by atoms with van der Waals surface area (Å²) < 4.78 is 0.928. The van der Waals surface area contributed by atoms with E-state index < -0.39 is 0 Å². The molecule has 0 aliphatic heterocycles. The molecule has 1 aliphatic carbocycles. The summed E-state index contributed by atoms with van der Waals surface area (Å²) in [6, 6.07) is 5.15. The van der Waals surface area contributed by atoms with Crippen molar-refractivity contribution in [3.05, 3.63) is 27.3 Å². The molecule has 4 nitrogen and oxygen atoms in total. The van der Waals surface area contributed by atoms with E-state index in [4.69, 9.17) is 5.73 Å². The average Bonchev–Trinajstić information content (AvgIpc) is 2.79. The van der Waals surface area contributed by atoms with Gasteiger partial charge in [-0.05, 0) is 66.1 Å². The van der Waals surface area contributed by atoms with Crippen molar-refractivity contribution < 1.29 is 9.90 Å². The van der Waals surface area contributed by atoms with E-state index in [9.17, 15) is 9.90 Å². The first kappa shape index (κ1) is 13.6. The second-order valence-corrected chi connectivity index (χ2v) is 5.91. The van der Waals surface area contributed by atoms with Gasteiger partial charge in [-0.2, -0.15) is 0 Å². The van der Waals surface area contributed by atoms with Crippen LogP contribution in [0.2, 0.25) is 0 Å². The Morgan fingerprint density at radius 3 is 3.00 bits per heavy atom. The first-order valence-electron chi connectivity index (χ1n) is 6.11.